The van der Waals surface area contributed by atoms with Crippen LogP contribution in [0.5, 0.6) is 11.5 Å². The highest BCUT2D eigenvalue weighted by molar-refractivity contribution is 7.09. The van der Waals surface area contributed by atoms with Crippen molar-refractivity contribution in [2.75, 3.05) is 26.7 Å². The van der Waals surface area contributed by atoms with E-state index in [-0.39, 0.29) is 6.10 Å². The average Bonchev–Trinajstić information content (AvgIpc) is 3.13. The van der Waals surface area contributed by atoms with Crippen LogP contribution >= 0.6 is 11.3 Å². The number of hydrogen-bond acceptors (Lipinski definition) is 5. The normalized spacial score (nSPS) is 16.6. The van der Waals surface area contributed by atoms with Crippen molar-refractivity contribution in [3.63, 3.8) is 0 Å². The number of aliphatic imine (C=N–C) groups is 1. The lowest BCUT2D eigenvalue weighted by Crippen LogP contribution is -2.45. The van der Waals surface area contributed by atoms with Gasteiger partial charge in [-0.05, 0) is 12.1 Å². The second-order valence-corrected chi connectivity index (χ2v) is 7.35. The van der Waals surface area contributed by atoms with Crippen molar-refractivity contribution in [2.24, 2.45) is 4.99 Å². The average molecular weight is 375 g/mol. The Morgan fingerprint density at radius 1 is 1.31 bits per heavy atom. The Balaban J connectivity index is 1.41. The van der Waals surface area contributed by atoms with Gasteiger partial charge in [-0.1, -0.05) is 26.0 Å². The third-order valence-electron chi connectivity index (χ3n) is 4.03. The van der Waals surface area contributed by atoms with Gasteiger partial charge in [0.05, 0.1) is 17.2 Å². The van der Waals surface area contributed by atoms with Crippen molar-refractivity contribution in [3.8, 4) is 11.5 Å². The van der Waals surface area contributed by atoms with Crippen LogP contribution in [0, 0.1) is 0 Å². The maximum atomic E-state index is 5.95. The highest BCUT2D eigenvalue weighted by Crippen LogP contribution is 2.30. The van der Waals surface area contributed by atoms with Crippen LogP contribution in [0.25, 0.3) is 0 Å². The van der Waals surface area contributed by atoms with Gasteiger partial charge in [0.2, 0.25) is 0 Å². The molecule has 0 aliphatic carbocycles. The summed E-state index contributed by atoms with van der Waals surface area (Å²) in [4.78, 5) is 8.92. The molecular formula is C19H26N4O2S. The first-order valence-corrected chi connectivity index (χ1v) is 9.81. The van der Waals surface area contributed by atoms with Crippen LogP contribution in [0.2, 0.25) is 0 Å². The third-order valence-corrected chi connectivity index (χ3v) is 5.22. The molecule has 2 N–H and O–H groups in total. The molecule has 2 heterocycles. The van der Waals surface area contributed by atoms with Crippen LogP contribution in [0.3, 0.4) is 0 Å². The van der Waals surface area contributed by atoms with E-state index >= 15 is 0 Å². The number of nitrogens with one attached hydrogen (secondary N) is 2. The lowest BCUT2D eigenvalue weighted by atomic mass is 10.2. The van der Waals surface area contributed by atoms with Crippen LogP contribution in [0.4, 0.5) is 0 Å². The van der Waals surface area contributed by atoms with Crippen molar-refractivity contribution in [1.82, 2.24) is 15.6 Å². The number of guanidine groups is 1. The van der Waals surface area contributed by atoms with Gasteiger partial charge in [-0.3, -0.25) is 4.99 Å². The fourth-order valence-electron chi connectivity index (χ4n) is 2.61. The molecule has 2 aromatic rings. The summed E-state index contributed by atoms with van der Waals surface area (Å²) in [6, 6.07) is 7.73. The number of para-hydroxylation sites is 2. The number of benzene rings is 1. The monoisotopic (exact) mass is 374 g/mol. The number of aromatic nitrogens is 1. The molecule has 1 aromatic heterocycles. The number of thiazole rings is 1. The Bertz CT molecular complexity index is 745. The molecule has 0 fully saturated rings. The Labute approximate surface area is 158 Å². The number of rotatable bonds is 6. The predicted octanol–water partition coefficient (Wildman–Crippen LogP) is 2.81. The van der Waals surface area contributed by atoms with Crippen LogP contribution < -0.4 is 20.1 Å². The van der Waals surface area contributed by atoms with Crippen LogP contribution in [0.1, 0.15) is 30.5 Å². The zero-order valence-electron chi connectivity index (χ0n) is 15.5. The summed E-state index contributed by atoms with van der Waals surface area (Å²) in [6.45, 7) is 6.27. The minimum Gasteiger partial charge on any atom is -0.486 e. The van der Waals surface area contributed by atoms with E-state index < -0.39 is 0 Å². The molecule has 0 saturated carbocycles. The zero-order valence-corrected chi connectivity index (χ0v) is 16.3. The zero-order chi connectivity index (χ0) is 18.4. The molecule has 1 unspecified atom stereocenters. The van der Waals surface area contributed by atoms with E-state index in [2.05, 4.69) is 39.8 Å². The number of fused-ring (bicyclic) bond motifs is 1. The smallest absolute Gasteiger partial charge is 0.191 e. The minimum atomic E-state index is -0.0457. The second kappa shape index (κ2) is 8.89. The summed E-state index contributed by atoms with van der Waals surface area (Å²) in [6.07, 6.45) is 0.830. The van der Waals surface area contributed by atoms with Gasteiger partial charge >= 0.3 is 0 Å². The molecule has 1 atom stereocenters. The maximum absolute atomic E-state index is 5.95. The van der Waals surface area contributed by atoms with E-state index in [1.54, 1.807) is 18.4 Å². The Kier molecular flexibility index (Phi) is 6.33. The Morgan fingerprint density at radius 3 is 2.85 bits per heavy atom. The first kappa shape index (κ1) is 18.5. The largest absolute Gasteiger partial charge is 0.486 e. The summed E-state index contributed by atoms with van der Waals surface area (Å²) in [5, 5.41) is 9.95. The van der Waals surface area contributed by atoms with Gasteiger partial charge in [0, 0.05) is 31.3 Å². The molecule has 1 aliphatic heterocycles. The van der Waals surface area contributed by atoms with Gasteiger partial charge in [0.1, 0.15) is 12.7 Å². The molecule has 1 aromatic carbocycles. The number of hydrogen-bond donors (Lipinski definition) is 2. The molecule has 3 rings (SSSR count). The van der Waals surface area contributed by atoms with Gasteiger partial charge in [0.15, 0.2) is 17.5 Å². The fraction of sp³-hybridized carbons (Fsp3) is 0.474. The van der Waals surface area contributed by atoms with E-state index in [4.69, 9.17) is 9.47 Å². The van der Waals surface area contributed by atoms with Gasteiger partial charge in [-0.25, -0.2) is 4.98 Å². The molecule has 7 heteroatoms. The molecule has 0 radical (unpaired) electrons. The van der Waals surface area contributed by atoms with Crippen molar-refractivity contribution in [1.29, 1.82) is 0 Å². The van der Waals surface area contributed by atoms with Gasteiger partial charge in [-0.15, -0.1) is 11.3 Å². The molecule has 0 saturated heterocycles. The van der Waals surface area contributed by atoms with Gasteiger partial charge < -0.3 is 20.1 Å². The van der Waals surface area contributed by atoms with Crippen molar-refractivity contribution < 1.29 is 9.47 Å². The van der Waals surface area contributed by atoms with Gasteiger partial charge in [-0.2, -0.15) is 0 Å². The van der Waals surface area contributed by atoms with Crippen LogP contribution in [-0.4, -0.2) is 43.8 Å². The summed E-state index contributed by atoms with van der Waals surface area (Å²) in [5.41, 5.74) is 1.13. The number of nitrogens with zero attached hydrogens (tertiary/aromatic N) is 2. The highest BCUT2D eigenvalue weighted by Gasteiger charge is 2.20. The first-order valence-electron chi connectivity index (χ1n) is 8.93. The van der Waals surface area contributed by atoms with Crippen molar-refractivity contribution in [3.05, 3.63) is 40.3 Å². The first-order chi connectivity index (χ1) is 12.7. The standard InChI is InChI=1S/C19H26N4O2S/c1-13(2)18-23-14(12-26-18)8-9-21-19(20-3)22-10-15-11-24-16-6-4-5-7-17(16)25-15/h4-7,12-13,15H,8-11H2,1-3H3,(H2,20,21,22). The molecule has 6 nitrogen and oxygen atoms in total. The summed E-state index contributed by atoms with van der Waals surface area (Å²) < 4.78 is 11.7. The molecule has 1 aliphatic rings. The summed E-state index contributed by atoms with van der Waals surface area (Å²) >= 11 is 1.73. The van der Waals surface area contributed by atoms with E-state index in [0.717, 1.165) is 36.1 Å². The summed E-state index contributed by atoms with van der Waals surface area (Å²) in [7, 11) is 1.77. The SMILES string of the molecule is CN=C(NCCc1csc(C(C)C)n1)NCC1COc2ccccc2O1. The van der Waals surface area contributed by atoms with Crippen molar-refractivity contribution >= 4 is 17.3 Å². The fourth-order valence-corrected chi connectivity index (χ4v) is 3.48. The van der Waals surface area contributed by atoms with Gasteiger partial charge in [0.25, 0.3) is 0 Å². The van der Waals surface area contributed by atoms with Crippen molar-refractivity contribution in [2.45, 2.75) is 32.3 Å². The molecule has 0 spiro atoms. The third kappa shape index (κ3) is 4.88. The maximum Gasteiger partial charge on any atom is 0.191 e. The molecule has 140 valence electrons. The highest BCUT2D eigenvalue weighted by atomic mass is 32.1. The lowest BCUT2D eigenvalue weighted by molar-refractivity contribution is 0.0936. The number of ether oxygens (including phenoxy) is 2. The van der Waals surface area contributed by atoms with E-state index in [9.17, 15) is 0 Å². The van der Waals surface area contributed by atoms with Crippen LogP contribution in [0.15, 0.2) is 34.6 Å². The summed E-state index contributed by atoms with van der Waals surface area (Å²) in [5.74, 6) is 2.83. The Hall–Kier alpha value is -2.28. The lowest BCUT2D eigenvalue weighted by Gasteiger charge is -2.27. The molecular weight excluding hydrogens is 348 g/mol. The quantitative estimate of drug-likeness (QED) is 0.601. The Morgan fingerprint density at radius 2 is 2.12 bits per heavy atom. The van der Waals surface area contributed by atoms with E-state index in [1.807, 2.05) is 24.3 Å². The molecule has 0 amide bonds. The molecule has 26 heavy (non-hydrogen) atoms. The minimum absolute atomic E-state index is 0.0457. The topological polar surface area (TPSA) is 67.8 Å². The predicted molar refractivity (Wildman–Crippen MR) is 106 cm³/mol. The molecule has 0 bridgehead atoms. The van der Waals surface area contributed by atoms with E-state index in [0.29, 0.717) is 19.1 Å². The second-order valence-electron chi connectivity index (χ2n) is 6.46. The van der Waals surface area contributed by atoms with Crippen LogP contribution in [-0.2, 0) is 6.42 Å². The van der Waals surface area contributed by atoms with E-state index in [1.165, 1.54) is 5.01 Å².